The second-order valence-corrected chi connectivity index (χ2v) is 7.42. The van der Waals surface area contributed by atoms with Crippen LogP contribution in [0.3, 0.4) is 0 Å². The first-order valence-electron chi connectivity index (χ1n) is 8.37. The number of benzene rings is 1. The van der Waals surface area contributed by atoms with E-state index in [2.05, 4.69) is 47.0 Å². The highest BCUT2D eigenvalue weighted by Crippen LogP contribution is 2.26. The smallest absolute Gasteiger partial charge is 0.248 e. The molecule has 26 heavy (non-hydrogen) atoms. The molecule has 0 aliphatic heterocycles. The second-order valence-electron chi connectivity index (χ2n) is 6.47. The molecule has 0 saturated heterocycles. The molecule has 5 nitrogen and oxygen atoms in total. The van der Waals surface area contributed by atoms with Gasteiger partial charge in [0.1, 0.15) is 0 Å². The molecule has 1 heterocycles. The summed E-state index contributed by atoms with van der Waals surface area (Å²) in [5.41, 5.74) is 6.81. The van der Waals surface area contributed by atoms with E-state index >= 15 is 0 Å². The molecule has 0 saturated carbocycles. The number of rotatable bonds is 7. The van der Waals surface area contributed by atoms with Crippen LogP contribution in [0, 0.1) is 0 Å². The van der Waals surface area contributed by atoms with Crippen LogP contribution in [0.2, 0.25) is 0 Å². The van der Waals surface area contributed by atoms with Crippen LogP contribution in [-0.4, -0.2) is 25.0 Å². The van der Waals surface area contributed by atoms with Crippen molar-refractivity contribution in [1.82, 2.24) is 10.6 Å². The summed E-state index contributed by atoms with van der Waals surface area (Å²) in [6.45, 7) is 8.51. The molecular weight excluding hydrogens is 459 g/mol. The molecular formula is C19H27IN4OS. The van der Waals surface area contributed by atoms with E-state index in [4.69, 9.17) is 5.73 Å². The quantitative estimate of drug-likeness (QED) is 0.319. The van der Waals surface area contributed by atoms with Gasteiger partial charge in [0.2, 0.25) is 5.91 Å². The summed E-state index contributed by atoms with van der Waals surface area (Å²) in [4.78, 5) is 17.2. The standard InChI is InChI=1S/C19H26N4OS.HI/c1-4-21-18(23-13-19(2,3)16-9-6-10-25-16)22-12-14-7-5-8-15(11-14)17(20)24;/h5-11H,4,12-13H2,1-3H3,(H2,20,24)(H2,21,22,23);1H. The summed E-state index contributed by atoms with van der Waals surface area (Å²) in [6, 6.07) is 11.5. The number of nitrogens with two attached hydrogens (primary N) is 1. The number of carbonyl (C=O) groups is 1. The van der Waals surface area contributed by atoms with Crippen molar-refractivity contribution in [2.45, 2.75) is 32.7 Å². The van der Waals surface area contributed by atoms with Crippen LogP contribution in [0.5, 0.6) is 0 Å². The number of hydrogen-bond acceptors (Lipinski definition) is 3. The maximum absolute atomic E-state index is 11.3. The molecule has 1 aromatic carbocycles. The average molecular weight is 486 g/mol. The third-order valence-corrected chi connectivity index (χ3v) is 5.10. The number of amides is 1. The Kier molecular flexibility index (Phi) is 9.07. The average Bonchev–Trinajstić information content (AvgIpc) is 3.13. The molecule has 0 spiro atoms. The highest BCUT2D eigenvalue weighted by Gasteiger charge is 2.21. The van der Waals surface area contributed by atoms with E-state index in [-0.39, 0.29) is 29.4 Å². The van der Waals surface area contributed by atoms with Crippen molar-refractivity contribution in [3.63, 3.8) is 0 Å². The zero-order valence-corrected chi connectivity index (χ0v) is 18.6. The highest BCUT2D eigenvalue weighted by atomic mass is 127. The lowest BCUT2D eigenvalue weighted by Gasteiger charge is -2.25. The molecule has 0 unspecified atom stereocenters. The van der Waals surface area contributed by atoms with Crippen LogP contribution in [0.15, 0.2) is 46.8 Å². The van der Waals surface area contributed by atoms with Crippen molar-refractivity contribution in [2.75, 3.05) is 13.1 Å². The molecule has 0 radical (unpaired) electrons. The molecule has 0 aliphatic carbocycles. The fourth-order valence-corrected chi connectivity index (χ4v) is 3.24. The van der Waals surface area contributed by atoms with Gasteiger partial charge in [-0.05, 0) is 36.1 Å². The Labute approximate surface area is 176 Å². The van der Waals surface area contributed by atoms with Gasteiger partial charge in [-0.2, -0.15) is 0 Å². The number of nitrogens with zero attached hydrogens (tertiary/aromatic N) is 1. The minimum Gasteiger partial charge on any atom is -0.366 e. The first kappa shape index (κ1) is 22.4. The Morgan fingerprint density at radius 3 is 2.62 bits per heavy atom. The van der Waals surface area contributed by atoms with Crippen molar-refractivity contribution >= 4 is 47.2 Å². The van der Waals surface area contributed by atoms with Crippen molar-refractivity contribution in [3.8, 4) is 0 Å². The largest absolute Gasteiger partial charge is 0.366 e. The van der Waals surface area contributed by atoms with E-state index in [0.717, 1.165) is 24.6 Å². The van der Waals surface area contributed by atoms with Crippen LogP contribution < -0.4 is 16.4 Å². The molecule has 2 aromatic rings. The minimum absolute atomic E-state index is 0. The van der Waals surface area contributed by atoms with E-state index in [1.807, 2.05) is 19.1 Å². The number of primary amides is 1. The predicted octanol–water partition coefficient (Wildman–Crippen LogP) is 3.50. The van der Waals surface area contributed by atoms with Crippen LogP contribution in [0.25, 0.3) is 0 Å². The summed E-state index contributed by atoms with van der Waals surface area (Å²) in [5.74, 6) is 0.338. The van der Waals surface area contributed by atoms with Crippen molar-refractivity contribution < 1.29 is 4.79 Å². The molecule has 4 N–H and O–H groups in total. The zero-order chi connectivity index (χ0) is 18.3. The normalized spacial score (nSPS) is 11.6. The predicted molar refractivity (Wildman–Crippen MR) is 121 cm³/mol. The summed E-state index contributed by atoms with van der Waals surface area (Å²) in [5, 5.41) is 8.77. The SMILES string of the molecule is CCNC(=NCc1cccc(C(N)=O)c1)NCC(C)(C)c1cccs1.I. The zero-order valence-electron chi connectivity index (χ0n) is 15.4. The van der Waals surface area contributed by atoms with E-state index < -0.39 is 5.91 Å². The third-order valence-electron chi connectivity index (χ3n) is 3.86. The Bertz CT molecular complexity index is 729. The van der Waals surface area contributed by atoms with Gasteiger partial charge in [-0.25, -0.2) is 4.99 Å². The van der Waals surface area contributed by atoms with Gasteiger partial charge in [0.05, 0.1) is 6.54 Å². The van der Waals surface area contributed by atoms with Crippen LogP contribution in [0.1, 0.15) is 41.6 Å². The third kappa shape index (κ3) is 6.60. The molecule has 0 fully saturated rings. The molecule has 0 atom stereocenters. The van der Waals surface area contributed by atoms with Gasteiger partial charge < -0.3 is 16.4 Å². The van der Waals surface area contributed by atoms with Gasteiger partial charge in [0.25, 0.3) is 0 Å². The number of nitrogens with one attached hydrogen (secondary N) is 2. The van der Waals surface area contributed by atoms with Gasteiger partial charge in [0, 0.05) is 28.9 Å². The van der Waals surface area contributed by atoms with E-state index in [0.29, 0.717) is 12.1 Å². The first-order chi connectivity index (χ1) is 11.9. The van der Waals surface area contributed by atoms with Gasteiger partial charge in [0.15, 0.2) is 5.96 Å². The lowest BCUT2D eigenvalue weighted by molar-refractivity contribution is 0.1000. The van der Waals surface area contributed by atoms with Crippen molar-refractivity contribution in [1.29, 1.82) is 0 Å². The number of aliphatic imine (C=N–C) groups is 1. The van der Waals surface area contributed by atoms with Gasteiger partial charge >= 0.3 is 0 Å². The van der Waals surface area contributed by atoms with E-state index in [9.17, 15) is 4.79 Å². The van der Waals surface area contributed by atoms with Gasteiger partial charge in [-0.15, -0.1) is 35.3 Å². The fourth-order valence-electron chi connectivity index (χ4n) is 2.39. The summed E-state index contributed by atoms with van der Waals surface area (Å²) in [6.07, 6.45) is 0. The van der Waals surface area contributed by atoms with Crippen LogP contribution >= 0.6 is 35.3 Å². The van der Waals surface area contributed by atoms with Crippen molar-refractivity contribution in [2.24, 2.45) is 10.7 Å². The summed E-state index contributed by atoms with van der Waals surface area (Å²) < 4.78 is 0. The van der Waals surface area contributed by atoms with Crippen LogP contribution in [-0.2, 0) is 12.0 Å². The highest BCUT2D eigenvalue weighted by molar-refractivity contribution is 14.0. The first-order valence-corrected chi connectivity index (χ1v) is 9.25. The maximum Gasteiger partial charge on any atom is 0.248 e. The molecule has 7 heteroatoms. The Balaban J connectivity index is 0.00000338. The van der Waals surface area contributed by atoms with Crippen LogP contribution in [0.4, 0.5) is 0 Å². The lowest BCUT2D eigenvalue weighted by Crippen LogP contribution is -2.43. The number of carbonyl (C=O) groups excluding carboxylic acids is 1. The topological polar surface area (TPSA) is 79.5 Å². The fraction of sp³-hybridized carbons (Fsp3) is 0.368. The Morgan fingerprint density at radius 2 is 2.00 bits per heavy atom. The summed E-state index contributed by atoms with van der Waals surface area (Å²) in [7, 11) is 0. The van der Waals surface area contributed by atoms with Crippen molar-refractivity contribution in [3.05, 3.63) is 57.8 Å². The molecule has 1 amide bonds. The van der Waals surface area contributed by atoms with Gasteiger partial charge in [-0.1, -0.05) is 32.0 Å². The lowest BCUT2D eigenvalue weighted by atomic mass is 9.91. The molecule has 1 aromatic heterocycles. The monoisotopic (exact) mass is 486 g/mol. The summed E-state index contributed by atoms with van der Waals surface area (Å²) >= 11 is 1.77. The molecule has 0 bridgehead atoms. The Hall–Kier alpha value is -1.61. The van der Waals surface area contributed by atoms with Gasteiger partial charge in [-0.3, -0.25) is 4.79 Å². The minimum atomic E-state index is -0.423. The number of halogens is 1. The maximum atomic E-state index is 11.3. The molecule has 0 aliphatic rings. The number of thiophene rings is 1. The molecule has 2 rings (SSSR count). The number of guanidine groups is 1. The Morgan fingerprint density at radius 1 is 1.23 bits per heavy atom. The van der Waals surface area contributed by atoms with E-state index in [1.165, 1.54) is 4.88 Å². The molecule has 142 valence electrons. The second kappa shape index (κ2) is 10.5. The number of hydrogen-bond donors (Lipinski definition) is 3. The van der Waals surface area contributed by atoms with E-state index in [1.54, 1.807) is 23.5 Å².